The average molecular weight is 286 g/mol. The van der Waals surface area contributed by atoms with Gasteiger partial charge in [0.05, 0.1) is 0 Å². The largest absolute Gasteiger partial charge is 0.351 e. The van der Waals surface area contributed by atoms with Crippen LogP contribution in [0, 0.1) is 10.1 Å². The highest BCUT2D eigenvalue weighted by molar-refractivity contribution is 5.73. The van der Waals surface area contributed by atoms with Crippen LogP contribution in [0.5, 0.6) is 0 Å². The molecule has 2 fully saturated rings. The molecule has 1 spiro atoms. The van der Waals surface area contributed by atoms with Crippen LogP contribution in [0.3, 0.4) is 0 Å². The molecular formula is C13H22N2O5. The number of rotatable bonds is 2. The summed E-state index contributed by atoms with van der Waals surface area (Å²) in [6.45, 7) is 5.18. The summed E-state index contributed by atoms with van der Waals surface area (Å²) in [7, 11) is 0. The molecule has 1 heterocycles. The zero-order chi connectivity index (χ0) is 15.0. The van der Waals surface area contributed by atoms with Crippen LogP contribution in [0.2, 0.25) is 0 Å². The van der Waals surface area contributed by atoms with E-state index in [-0.39, 0.29) is 29.6 Å². The average Bonchev–Trinajstić information content (AvgIpc) is 2.36. The number of carbonyl (C=O) groups excluding carboxylic acids is 1. The van der Waals surface area contributed by atoms with E-state index in [1.165, 1.54) is 13.8 Å². The molecule has 2 aliphatic rings. The fourth-order valence-corrected chi connectivity index (χ4v) is 2.78. The zero-order valence-electron chi connectivity index (χ0n) is 12.2. The molecule has 114 valence electrons. The van der Waals surface area contributed by atoms with Crippen molar-refractivity contribution in [1.29, 1.82) is 0 Å². The Morgan fingerprint density at radius 3 is 2.05 bits per heavy atom. The molecule has 20 heavy (non-hydrogen) atoms. The standard InChI is InChI=1S/C13H22N2O5/c1-10(16)14-11(2)4-6-13(7-5-11)19-8-12(3,9-20-13)15(17)18/h4-9H2,1-3H3,(H,14,16). The van der Waals surface area contributed by atoms with E-state index in [4.69, 9.17) is 9.47 Å². The van der Waals surface area contributed by atoms with Crippen LogP contribution in [0.25, 0.3) is 0 Å². The van der Waals surface area contributed by atoms with Crippen LogP contribution in [0.1, 0.15) is 46.5 Å². The molecule has 0 unspecified atom stereocenters. The normalized spacial score (nSPS) is 41.4. The second-order valence-corrected chi connectivity index (χ2v) is 6.48. The Bertz CT molecular complexity index is 405. The number of ether oxygens (including phenoxy) is 2. The maximum atomic E-state index is 11.2. The Kier molecular flexibility index (Phi) is 3.77. The number of nitrogens with zero attached hydrogens (tertiary/aromatic N) is 1. The van der Waals surface area contributed by atoms with Gasteiger partial charge >= 0.3 is 0 Å². The van der Waals surface area contributed by atoms with E-state index in [1.807, 2.05) is 6.92 Å². The first kappa shape index (κ1) is 15.2. The Morgan fingerprint density at radius 2 is 1.65 bits per heavy atom. The number of nitro groups is 1. The van der Waals surface area contributed by atoms with Crippen LogP contribution in [-0.4, -0.2) is 40.9 Å². The van der Waals surface area contributed by atoms with Crippen LogP contribution in [-0.2, 0) is 14.3 Å². The molecular weight excluding hydrogens is 264 g/mol. The zero-order valence-corrected chi connectivity index (χ0v) is 12.2. The van der Waals surface area contributed by atoms with E-state index in [9.17, 15) is 14.9 Å². The highest BCUT2D eigenvalue weighted by Gasteiger charge is 2.52. The van der Waals surface area contributed by atoms with Crippen molar-refractivity contribution in [2.45, 2.75) is 63.3 Å². The van der Waals surface area contributed by atoms with Crippen LogP contribution in [0.15, 0.2) is 0 Å². The van der Waals surface area contributed by atoms with E-state index in [0.717, 1.165) is 12.8 Å². The summed E-state index contributed by atoms with van der Waals surface area (Å²) in [6, 6.07) is 0. The minimum Gasteiger partial charge on any atom is -0.351 e. The molecule has 7 heteroatoms. The molecule has 0 atom stereocenters. The third kappa shape index (κ3) is 2.93. The fraction of sp³-hybridized carbons (Fsp3) is 0.923. The van der Waals surface area contributed by atoms with E-state index in [0.29, 0.717) is 12.8 Å². The predicted octanol–water partition coefficient (Wildman–Crippen LogP) is 1.23. The second kappa shape index (κ2) is 4.96. The first-order chi connectivity index (χ1) is 9.19. The highest BCUT2D eigenvalue weighted by Crippen LogP contribution is 2.41. The van der Waals surface area contributed by atoms with Gasteiger partial charge in [-0.25, -0.2) is 0 Å². The minimum absolute atomic E-state index is 0.0464. The van der Waals surface area contributed by atoms with Crippen LogP contribution < -0.4 is 5.32 Å². The van der Waals surface area contributed by atoms with Crippen molar-refractivity contribution in [3.63, 3.8) is 0 Å². The Balaban J connectivity index is 1.94. The summed E-state index contributed by atoms with van der Waals surface area (Å²) in [5, 5.41) is 13.9. The molecule has 0 aromatic carbocycles. The van der Waals surface area contributed by atoms with Crippen molar-refractivity contribution in [2.75, 3.05) is 13.2 Å². The Labute approximate surface area is 118 Å². The highest BCUT2D eigenvalue weighted by atomic mass is 16.7. The minimum atomic E-state index is -1.16. The molecule has 1 saturated carbocycles. The van der Waals surface area contributed by atoms with Gasteiger partial charge in [0.2, 0.25) is 5.91 Å². The summed E-state index contributed by atoms with van der Waals surface area (Å²) >= 11 is 0. The van der Waals surface area contributed by atoms with Crippen molar-refractivity contribution in [2.24, 2.45) is 0 Å². The molecule has 1 amide bonds. The lowest BCUT2D eigenvalue weighted by Gasteiger charge is -2.47. The van der Waals surface area contributed by atoms with E-state index in [1.54, 1.807) is 0 Å². The first-order valence-corrected chi connectivity index (χ1v) is 6.90. The van der Waals surface area contributed by atoms with Gasteiger partial charge < -0.3 is 14.8 Å². The lowest BCUT2D eigenvalue weighted by molar-refractivity contribution is -0.592. The summed E-state index contributed by atoms with van der Waals surface area (Å²) in [5.41, 5.74) is -1.41. The lowest BCUT2D eigenvalue weighted by atomic mass is 9.79. The van der Waals surface area contributed by atoms with E-state index in [2.05, 4.69) is 5.32 Å². The van der Waals surface area contributed by atoms with Gasteiger partial charge in [0.15, 0.2) is 5.79 Å². The SMILES string of the molecule is CC(=O)NC1(C)CCC2(CC1)OCC(C)([N+](=O)[O-])CO2. The number of hydrogen-bond acceptors (Lipinski definition) is 5. The van der Waals surface area contributed by atoms with Gasteiger partial charge in [-0.1, -0.05) is 0 Å². The van der Waals surface area contributed by atoms with Gasteiger partial charge in [0.1, 0.15) is 13.2 Å². The van der Waals surface area contributed by atoms with Gasteiger partial charge in [-0.05, 0) is 19.8 Å². The molecule has 0 aromatic rings. The lowest BCUT2D eigenvalue weighted by Crippen LogP contribution is -2.59. The maximum absolute atomic E-state index is 11.2. The first-order valence-electron chi connectivity index (χ1n) is 6.90. The van der Waals surface area contributed by atoms with E-state index < -0.39 is 11.3 Å². The monoisotopic (exact) mass is 286 g/mol. The summed E-state index contributed by atoms with van der Waals surface area (Å²) in [4.78, 5) is 21.8. The second-order valence-electron chi connectivity index (χ2n) is 6.48. The summed E-state index contributed by atoms with van der Waals surface area (Å²) < 4.78 is 11.4. The van der Waals surface area contributed by atoms with Crippen molar-refractivity contribution >= 4 is 5.91 Å². The van der Waals surface area contributed by atoms with Gasteiger partial charge in [0, 0.05) is 37.2 Å². The molecule has 1 N–H and O–H groups in total. The van der Waals surface area contributed by atoms with Crippen molar-refractivity contribution < 1.29 is 19.2 Å². The molecule has 1 aliphatic heterocycles. The molecule has 0 aromatic heterocycles. The summed E-state index contributed by atoms with van der Waals surface area (Å²) in [5.74, 6) is -0.761. The van der Waals surface area contributed by atoms with Crippen molar-refractivity contribution in [1.82, 2.24) is 5.32 Å². The Hall–Kier alpha value is -1.21. The summed E-state index contributed by atoms with van der Waals surface area (Å²) in [6.07, 6.45) is 2.75. The van der Waals surface area contributed by atoms with Gasteiger partial charge in [-0.3, -0.25) is 14.9 Å². The third-order valence-electron chi connectivity index (χ3n) is 4.33. The molecule has 1 saturated heterocycles. The number of carbonyl (C=O) groups is 1. The maximum Gasteiger partial charge on any atom is 0.265 e. The predicted molar refractivity (Wildman–Crippen MR) is 70.7 cm³/mol. The molecule has 0 bridgehead atoms. The van der Waals surface area contributed by atoms with E-state index >= 15 is 0 Å². The fourth-order valence-electron chi connectivity index (χ4n) is 2.78. The van der Waals surface area contributed by atoms with Crippen LogP contribution in [0.4, 0.5) is 0 Å². The molecule has 0 radical (unpaired) electrons. The molecule has 1 aliphatic carbocycles. The quantitative estimate of drug-likeness (QED) is 0.609. The van der Waals surface area contributed by atoms with Gasteiger partial charge in [0.25, 0.3) is 5.54 Å². The molecule has 7 nitrogen and oxygen atoms in total. The Morgan fingerprint density at radius 1 is 1.15 bits per heavy atom. The number of amides is 1. The number of hydrogen-bond donors (Lipinski definition) is 1. The van der Waals surface area contributed by atoms with Crippen molar-refractivity contribution in [3.8, 4) is 0 Å². The topological polar surface area (TPSA) is 90.7 Å². The molecule has 2 rings (SSSR count). The number of nitrogens with one attached hydrogen (secondary N) is 1. The van der Waals surface area contributed by atoms with Crippen molar-refractivity contribution in [3.05, 3.63) is 10.1 Å². The smallest absolute Gasteiger partial charge is 0.265 e. The third-order valence-corrected chi connectivity index (χ3v) is 4.33. The van der Waals surface area contributed by atoms with Gasteiger partial charge in [-0.2, -0.15) is 0 Å². The van der Waals surface area contributed by atoms with Crippen LogP contribution >= 0.6 is 0 Å². The van der Waals surface area contributed by atoms with Gasteiger partial charge in [-0.15, -0.1) is 0 Å².